The van der Waals surface area contributed by atoms with Gasteiger partial charge in [-0.15, -0.1) is 11.3 Å². The van der Waals surface area contributed by atoms with Crippen LogP contribution in [0.3, 0.4) is 0 Å². The summed E-state index contributed by atoms with van der Waals surface area (Å²) in [5, 5.41) is 8.50. The van der Waals surface area contributed by atoms with Crippen LogP contribution in [0.4, 0.5) is 8.78 Å². The number of nitrogens with zero attached hydrogens (tertiary/aromatic N) is 2. The Labute approximate surface area is 177 Å². The molecule has 0 aliphatic rings. The maximum atomic E-state index is 12.6. The molecule has 1 aromatic carbocycles. The third-order valence-electron chi connectivity index (χ3n) is 3.80. The van der Waals surface area contributed by atoms with Gasteiger partial charge in [-0.05, 0) is 36.1 Å². The Bertz CT molecular complexity index is 817. The van der Waals surface area contributed by atoms with Crippen molar-refractivity contribution in [3.63, 3.8) is 0 Å². The zero-order chi connectivity index (χ0) is 21.2. The van der Waals surface area contributed by atoms with Crippen LogP contribution in [0.5, 0.6) is 5.75 Å². The maximum absolute atomic E-state index is 12.6. The van der Waals surface area contributed by atoms with E-state index in [0.29, 0.717) is 23.1 Å². The van der Waals surface area contributed by atoms with Gasteiger partial charge in [-0.25, -0.2) is 4.99 Å². The highest BCUT2D eigenvalue weighted by Gasteiger charge is 2.11. The molecule has 0 saturated heterocycles. The van der Waals surface area contributed by atoms with E-state index in [1.165, 1.54) is 28.0 Å². The van der Waals surface area contributed by atoms with E-state index in [9.17, 15) is 13.6 Å². The third kappa shape index (κ3) is 8.25. The first-order valence-electron chi connectivity index (χ1n) is 8.83. The number of amides is 1. The molecule has 0 saturated carbocycles. The predicted molar refractivity (Wildman–Crippen MR) is 112 cm³/mol. The highest BCUT2D eigenvalue weighted by molar-refractivity contribution is 7.09. The molecule has 1 amide bonds. The van der Waals surface area contributed by atoms with Crippen molar-refractivity contribution in [3.05, 3.63) is 51.2 Å². The lowest BCUT2D eigenvalue weighted by Crippen LogP contribution is -2.43. The molecule has 1 heterocycles. The van der Waals surface area contributed by atoms with Gasteiger partial charge in [-0.3, -0.25) is 4.79 Å². The lowest BCUT2D eigenvalue weighted by atomic mass is 10.2. The summed E-state index contributed by atoms with van der Waals surface area (Å²) in [4.78, 5) is 18.9. The zero-order valence-corrected chi connectivity index (χ0v) is 17.7. The Morgan fingerprint density at radius 3 is 2.76 bits per heavy atom. The third-order valence-corrected chi connectivity index (χ3v) is 4.97. The van der Waals surface area contributed by atoms with Crippen LogP contribution in [-0.2, 0) is 17.8 Å². The summed E-state index contributed by atoms with van der Waals surface area (Å²) in [7, 11) is 3.32. The molecule has 0 fully saturated rings. The van der Waals surface area contributed by atoms with Gasteiger partial charge in [0.25, 0.3) is 0 Å². The molecule has 6 nitrogen and oxygen atoms in total. The van der Waals surface area contributed by atoms with Crippen molar-refractivity contribution in [2.75, 3.05) is 27.2 Å². The summed E-state index contributed by atoms with van der Waals surface area (Å²) in [6, 6.07) is 8.39. The quantitative estimate of drug-likeness (QED) is 0.459. The van der Waals surface area contributed by atoms with Crippen LogP contribution in [0.1, 0.15) is 10.4 Å². The summed E-state index contributed by atoms with van der Waals surface area (Å²) < 4.78 is 29.8. The fraction of sp³-hybridized carbons (Fsp3) is 0.368. The first-order valence-corrected chi connectivity index (χ1v) is 10.1. The van der Waals surface area contributed by atoms with Gasteiger partial charge in [0.05, 0.1) is 13.1 Å². The van der Waals surface area contributed by atoms with E-state index in [4.69, 9.17) is 11.6 Å². The van der Waals surface area contributed by atoms with Crippen LogP contribution >= 0.6 is 22.9 Å². The average Bonchev–Trinajstić information content (AvgIpc) is 3.18. The number of aliphatic imine (C=N–C) groups is 1. The first kappa shape index (κ1) is 22.9. The number of halogens is 3. The van der Waals surface area contributed by atoms with Crippen molar-refractivity contribution in [1.29, 1.82) is 0 Å². The van der Waals surface area contributed by atoms with Gasteiger partial charge in [-0.2, -0.15) is 8.78 Å². The lowest BCUT2D eigenvalue weighted by Gasteiger charge is -2.15. The Morgan fingerprint density at radius 1 is 1.31 bits per heavy atom. The van der Waals surface area contributed by atoms with Gasteiger partial charge >= 0.3 is 6.61 Å². The highest BCUT2D eigenvalue weighted by atomic mass is 35.5. The number of benzene rings is 1. The van der Waals surface area contributed by atoms with Crippen LogP contribution in [-0.4, -0.2) is 50.6 Å². The fourth-order valence-corrected chi connectivity index (χ4v) is 3.20. The van der Waals surface area contributed by atoms with E-state index in [0.717, 1.165) is 6.42 Å². The monoisotopic (exact) mass is 444 g/mol. The van der Waals surface area contributed by atoms with E-state index < -0.39 is 6.61 Å². The minimum Gasteiger partial charge on any atom is -0.434 e. The minimum absolute atomic E-state index is 0.00968. The van der Waals surface area contributed by atoms with Gasteiger partial charge in [0.15, 0.2) is 5.96 Å². The summed E-state index contributed by atoms with van der Waals surface area (Å²) in [5.41, 5.74) is 0.413. The van der Waals surface area contributed by atoms with Crippen molar-refractivity contribution in [2.45, 2.75) is 19.6 Å². The summed E-state index contributed by atoms with van der Waals surface area (Å²) in [6.45, 7) is -2.25. The molecule has 158 valence electrons. The number of hydrogen-bond acceptors (Lipinski definition) is 4. The van der Waals surface area contributed by atoms with Crippen LogP contribution < -0.4 is 15.4 Å². The van der Waals surface area contributed by atoms with Crippen molar-refractivity contribution in [1.82, 2.24) is 15.5 Å². The molecule has 0 unspecified atom stereocenters. The highest BCUT2D eigenvalue weighted by Crippen LogP contribution is 2.25. The number of hydrogen-bond donors (Lipinski definition) is 2. The Balaban J connectivity index is 2.08. The summed E-state index contributed by atoms with van der Waals surface area (Å²) >= 11 is 7.63. The molecule has 0 bridgehead atoms. The number of ether oxygens (including phenoxy) is 1. The second kappa shape index (κ2) is 11.6. The molecule has 0 atom stereocenters. The molecule has 1 aromatic heterocycles. The number of carbonyl (C=O) groups excluding carboxylic acids is 1. The van der Waals surface area contributed by atoms with Gasteiger partial charge in [0.1, 0.15) is 5.75 Å². The molecular formula is C19H23ClF2N4O2S. The smallest absolute Gasteiger partial charge is 0.387 e. The van der Waals surface area contributed by atoms with E-state index >= 15 is 0 Å². The van der Waals surface area contributed by atoms with Crippen molar-refractivity contribution < 1.29 is 18.3 Å². The number of likely N-dealkylation sites (N-methyl/N-ethyl adjacent to an activating group) is 1. The molecule has 0 aliphatic carbocycles. The molecular weight excluding hydrogens is 422 g/mol. The molecule has 2 rings (SSSR count). The number of alkyl halides is 2. The number of rotatable bonds is 9. The number of carbonyl (C=O) groups is 1. The largest absolute Gasteiger partial charge is 0.434 e. The second-order valence-electron chi connectivity index (χ2n) is 6.19. The van der Waals surface area contributed by atoms with Crippen LogP contribution in [0.2, 0.25) is 5.02 Å². The normalized spacial score (nSPS) is 11.4. The van der Waals surface area contributed by atoms with Gasteiger partial charge in [0, 0.05) is 36.1 Å². The topological polar surface area (TPSA) is 66.0 Å². The molecule has 0 radical (unpaired) electrons. The van der Waals surface area contributed by atoms with Crippen molar-refractivity contribution in [3.8, 4) is 5.75 Å². The Morgan fingerprint density at radius 2 is 2.10 bits per heavy atom. The standard InChI is InChI=1S/C19H23ClF2N4O2S/c1-26(2)17(27)12-25-19(23-8-7-15-4-3-9-29-15)24-11-13-10-14(20)5-6-16(13)28-18(21)22/h3-6,9-10,18H,7-8,11-12H2,1-2H3,(H2,23,24,25). The SMILES string of the molecule is CN(C)C(=O)CNC(=NCc1cc(Cl)ccc1OC(F)F)NCCc1cccs1. The van der Waals surface area contributed by atoms with E-state index in [-0.39, 0.29) is 24.7 Å². The Kier molecular flexibility index (Phi) is 9.14. The molecule has 2 N–H and O–H groups in total. The second-order valence-corrected chi connectivity index (χ2v) is 7.66. The van der Waals surface area contributed by atoms with Crippen LogP contribution in [0.25, 0.3) is 0 Å². The van der Waals surface area contributed by atoms with E-state index in [2.05, 4.69) is 20.4 Å². The predicted octanol–water partition coefficient (Wildman–Crippen LogP) is 3.37. The minimum atomic E-state index is -2.95. The molecule has 0 spiro atoms. The van der Waals surface area contributed by atoms with Crippen molar-refractivity contribution in [2.24, 2.45) is 4.99 Å². The lowest BCUT2D eigenvalue weighted by molar-refractivity contribution is -0.127. The van der Waals surface area contributed by atoms with Gasteiger partial charge in [0.2, 0.25) is 5.91 Å². The first-order chi connectivity index (χ1) is 13.8. The molecule has 0 aliphatic heterocycles. The van der Waals surface area contributed by atoms with Crippen LogP contribution in [0.15, 0.2) is 40.7 Å². The molecule has 10 heteroatoms. The van der Waals surface area contributed by atoms with Gasteiger partial charge < -0.3 is 20.3 Å². The number of thiophene rings is 1. The number of guanidine groups is 1. The van der Waals surface area contributed by atoms with E-state index in [1.807, 2.05) is 17.5 Å². The van der Waals surface area contributed by atoms with Crippen molar-refractivity contribution >= 4 is 34.8 Å². The summed E-state index contributed by atoms with van der Waals surface area (Å²) in [5.74, 6) is 0.275. The number of nitrogens with one attached hydrogen (secondary N) is 2. The molecule has 2 aromatic rings. The fourth-order valence-electron chi connectivity index (χ4n) is 2.30. The zero-order valence-electron chi connectivity index (χ0n) is 16.1. The Hall–Kier alpha value is -2.39. The molecule has 29 heavy (non-hydrogen) atoms. The van der Waals surface area contributed by atoms with Crippen LogP contribution in [0, 0.1) is 0 Å². The summed E-state index contributed by atoms with van der Waals surface area (Å²) in [6.07, 6.45) is 0.789. The van der Waals surface area contributed by atoms with E-state index in [1.54, 1.807) is 25.4 Å². The average molecular weight is 445 g/mol. The van der Waals surface area contributed by atoms with Gasteiger partial charge in [-0.1, -0.05) is 17.7 Å². The maximum Gasteiger partial charge on any atom is 0.387 e.